The number of rotatable bonds is 2. The fourth-order valence-electron chi connectivity index (χ4n) is 0.873. The van der Waals surface area contributed by atoms with E-state index in [1.807, 2.05) is 22.6 Å². The first kappa shape index (κ1) is 10.8. The highest BCUT2D eigenvalue weighted by atomic mass is 127. The molecule has 0 aliphatic carbocycles. The molecular formula is C8H7IN2O3. The van der Waals surface area contributed by atoms with Crippen LogP contribution in [0.3, 0.4) is 0 Å². The molecule has 0 unspecified atom stereocenters. The first-order valence-electron chi connectivity index (χ1n) is 3.60. The highest BCUT2D eigenvalue weighted by Gasteiger charge is 2.01. The van der Waals surface area contributed by atoms with Gasteiger partial charge >= 0.3 is 0 Å². The molecule has 1 aromatic carbocycles. The summed E-state index contributed by atoms with van der Waals surface area (Å²) >= 11 is 2.00. The number of halogens is 1. The Morgan fingerprint density at radius 3 is 2.79 bits per heavy atom. The molecule has 1 aromatic rings. The quantitative estimate of drug-likeness (QED) is 0.334. The number of hydrogen-bond donors (Lipinski definition) is 3. The zero-order valence-corrected chi connectivity index (χ0v) is 9.09. The number of phenolic OH excluding ortho intramolecular Hbond substituents is 1. The number of nitrogens with zero attached hydrogens (tertiary/aromatic N) is 1. The van der Waals surface area contributed by atoms with Gasteiger partial charge in [0, 0.05) is 15.3 Å². The second kappa shape index (κ2) is 4.80. The Labute approximate surface area is 93.6 Å². The van der Waals surface area contributed by atoms with Gasteiger partial charge in [-0.3, -0.25) is 4.79 Å². The van der Waals surface area contributed by atoms with Crippen LogP contribution in [0.1, 0.15) is 0 Å². The van der Waals surface area contributed by atoms with Crippen molar-refractivity contribution in [2.45, 2.75) is 0 Å². The SMILES string of the molecule is O=C(C=NO)Nc1cc(O)cc(I)c1. The third-order valence-corrected chi connectivity index (χ3v) is 1.95. The second-order valence-corrected chi connectivity index (χ2v) is 3.68. The zero-order chi connectivity index (χ0) is 10.6. The molecule has 0 fully saturated rings. The van der Waals surface area contributed by atoms with Gasteiger partial charge in [0.2, 0.25) is 0 Å². The Morgan fingerprint density at radius 1 is 1.50 bits per heavy atom. The number of carbonyl (C=O) groups excluding carboxylic acids is 1. The van der Waals surface area contributed by atoms with E-state index in [0.717, 1.165) is 9.78 Å². The first-order chi connectivity index (χ1) is 6.61. The Balaban J connectivity index is 2.81. The minimum Gasteiger partial charge on any atom is -0.508 e. The van der Waals surface area contributed by atoms with Crippen LogP contribution < -0.4 is 5.32 Å². The lowest BCUT2D eigenvalue weighted by Crippen LogP contribution is -2.12. The van der Waals surface area contributed by atoms with E-state index >= 15 is 0 Å². The lowest BCUT2D eigenvalue weighted by Gasteiger charge is -2.02. The highest BCUT2D eigenvalue weighted by molar-refractivity contribution is 14.1. The van der Waals surface area contributed by atoms with Crippen molar-refractivity contribution in [1.29, 1.82) is 0 Å². The largest absolute Gasteiger partial charge is 0.508 e. The van der Waals surface area contributed by atoms with Gasteiger partial charge in [0.15, 0.2) is 0 Å². The average molecular weight is 306 g/mol. The summed E-state index contributed by atoms with van der Waals surface area (Å²) < 4.78 is 0.791. The van der Waals surface area contributed by atoms with Crippen LogP contribution in [-0.2, 0) is 4.79 Å². The number of nitrogens with one attached hydrogen (secondary N) is 1. The molecule has 5 nitrogen and oxygen atoms in total. The van der Waals surface area contributed by atoms with E-state index in [2.05, 4.69) is 10.5 Å². The molecular weight excluding hydrogens is 299 g/mol. The number of benzene rings is 1. The molecule has 3 N–H and O–H groups in total. The molecule has 0 heterocycles. The first-order valence-corrected chi connectivity index (χ1v) is 4.67. The molecule has 1 rings (SSSR count). The molecule has 0 bridgehead atoms. The molecule has 6 heteroatoms. The van der Waals surface area contributed by atoms with E-state index in [1.54, 1.807) is 12.1 Å². The number of oxime groups is 1. The van der Waals surface area contributed by atoms with Crippen molar-refractivity contribution in [1.82, 2.24) is 0 Å². The summed E-state index contributed by atoms with van der Waals surface area (Å²) in [6.07, 6.45) is 0.733. The van der Waals surface area contributed by atoms with E-state index in [0.29, 0.717) is 5.69 Å². The Bertz CT molecular complexity index is 359. The van der Waals surface area contributed by atoms with Gasteiger partial charge in [-0.1, -0.05) is 5.16 Å². The summed E-state index contributed by atoms with van der Waals surface area (Å²) in [5, 5.41) is 22.3. The number of hydrogen-bond acceptors (Lipinski definition) is 4. The monoisotopic (exact) mass is 306 g/mol. The van der Waals surface area contributed by atoms with Crippen LogP contribution in [0, 0.1) is 3.57 Å². The molecule has 0 atom stereocenters. The predicted molar refractivity (Wildman–Crippen MR) is 59.7 cm³/mol. The maximum absolute atomic E-state index is 10.9. The molecule has 0 aliphatic heterocycles. The topological polar surface area (TPSA) is 81.9 Å². The minimum atomic E-state index is -0.561. The van der Waals surface area contributed by atoms with Gasteiger partial charge in [-0.25, -0.2) is 0 Å². The summed E-state index contributed by atoms with van der Waals surface area (Å²) in [4.78, 5) is 10.9. The van der Waals surface area contributed by atoms with Crippen molar-refractivity contribution in [3.8, 4) is 5.75 Å². The van der Waals surface area contributed by atoms with Gasteiger partial charge in [-0.05, 0) is 34.7 Å². The van der Waals surface area contributed by atoms with Gasteiger partial charge in [-0.15, -0.1) is 0 Å². The van der Waals surface area contributed by atoms with E-state index in [9.17, 15) is 9.90 Å². The number of phenols is 1. The van der Waals surface area contributed by atoms with Crippen molar-refractivity contribution >= 4 is 40.4 Å². The molecule has 0 radical (unpaired) electrons. The maximum atomic E-state index is 10.9. The zero-order valence-electron chi connectivity index (χ0n) is 6.94. The van der Waals surface area contributed by atoms with Crippen LogP contribution in [0.2, 0.25) is 0 Å². The van der Waals surface area contributed by atoms with Gasteiger partial charge in [-0.2, -0.15) is 0 Å². The number of amides is 1. The van der Waals surface area contributed by atoms with E-state index in [-0.39, 0.29) is 5.75 Å². The van der Waals surface area contributed by atoms with Gasteiger partial charge in [0.25, 0.3) is 5.91 Å². The van der Waals surface area contributed by atoms with Crippen molar-refractivity contribution in [3.05, 3.63) is 21.8 Å². The Morgan fingerprint density at radius 2 is 2.21 bits per heavy atom. The molecule has 1 amide bonds. The highest BCUT2D eigenvalue weighted by Crippen LogP contribution is 2.20. The molecule has 0 aliphatic rings. The van der Waals surface area contributed by atoms with Crippen LogP contribution in [0.5, 0.6) is 5.75 Å². The van der Waals surface area contributed by atoms with Crippen molar-refractivity contribution in [3.63, 3.8) is 0 Å². The molecule has 0 saturated heterocycles. The second-order valence-electron chi connectivity index (χ2n) is 2.43. The summed E-state index contributed by atoms with van der Waals surface area (Å²) in [5.41, 5.74) is 0.444. The van der Waals surface area contributed by atoms with Crippen molar-refractivity contribution < 1.29 is 15.1 Å². The number of carbonyl (C=O) groups is 1. The number of anilines is 1. The summed E-state index contributed by atoms with van der Waals surface area (Å²) in [5.74, 6) is -0.498. The van der Waals surface area contributed by atoms with Crippen LogP contribution in [-0.4, -0.2) is 22.4 Å². The van der Waals surface area contributed by atoms with Gasteiger partial charge in [0.1, 0.15) is 12.0 Å². The van der Waals surface area contributed by atoms with E-state index in [4.69, 9.17) is 5.21 Å². The molecule has 14 heavy (non-hydrogen) atoms. The standard InChI is InChI=1S/C8H7IN2O3/c9-5-1-6(3-7(12)2-5)11-8(13)4-10-14/h1-4,12,14H,(H,11,13). The summed E-state index contributed by atoms with van der Waals surface area (Å²) in [7, 11) is 0. The molecule has 0 aromatic heterocycles. The lowest BCUT2D eigenvalue weighted by atomic mass is 10.3. The van der Waals surface area contributed by atoms with Crippen LogP contribution >= 0.6 is 22.6 Å². The van der Waals surface area contributed by atoms with Crippen molar-refractivity contribution in [2.24, 2.45) is 5.16 Å². The Kier molecular flexibility index (Phi) is 3.69. The third kappa shape index (κ3) is 3.21. The predicted octanol–water partition coefficient (Wildman–Crippen LogP) is 1.40. The molecule has 0 spiro atoms. The van der Waals surface area contributed by atoms with E-state index in [1.165, 1.54) is 6.07 Å². The summed E-state index contributed by atoms with van der Waals surface area (Å²) in [6.45, 7) is 0. The average Bonchev–Trinajstić information content (AvgIpc) is 2.01. The minimum absolute atomic E-state index is 0.0631. The van der Waals surface area contributed by atoms with Crippen LogP contribution in [0.4, 0.5) is 5.69 Å². The smallest absolute Gasteiger partial charge is 0.270 e. The Hall–Kier alpha value is -1.31. The summed E-state index contributed by atoms with van der Waals surface area (Å²) in [6, 6.07) is 4.62. The fraction of sp³-hybridized carbons (Fsp3) is 0. The fourth-order valence-corrected chi connectivity index (χ4v) is 1.53. The number of aromatic hydroxyl groups is 1. The van der Waals surface area contributed by atoms with Gasteiger partial charge < -0.3 is 15.6 Å². The van der Waals surface area contributed by atoms with E-state index < -0.39 is 5.91 Å². The lowest BCUT2D eigenvalue weighted by molar-refractivity contribution is -0.110. The maximum Gasteiger partial charge on any atom is 0.270 e. The van der Waals surface area contributed by atoms with Crippen molar-refractivity contribution in [2.75, 3.05) is 5.32 Å². The van der Waals surface area contributed by atoms with Crippen LogP contribution in [0.25, 0.3) is 0 Å². The van der Waals surface area contributed by atoms with Gasteiger partial charge in [0.05, 0.1) is 0 Å². The normalized spacial score (nSPS) is 10.4. The molecule has 74 valence electrons. The molecule has 0 saturated carbocycles. The third-order valence-electron chi connectivity index (χ3n) is 1.33. The van der Waals surface area contributed by atoms with Crippen LogP contribution in [0.15, 0.2) is 23.4 Å².